The monoisotopic (exact) mass is 245 g/mol. The topological polar surface area (TPSA) is 29.1 Å². The summed E-state index contributed by atoms with van der Waals surface area (Å²) in [6.45, 7) is 9.22. The van der Waals surface area contributed by atoms with Gasteiger partial charge >= 0.3 is 0 Å². The van der Waals surface area contributed by atoms with Crippen LogP contribution in [0.1, 0.15) is 5.56 Å². The molecule has 0 bridgehead atoms. The normalized spacial score (nSPS) is 10.8. The van der Waals surface area contributed by atoms with Crippen molar-refractivity contribution in [2.75, 3.05) is 5.32 Å². The lowest BCUT2D eigenvalue weighted by molar-refractivity contribution is 0.270. The molecule has 0 saturated heterocycles. The Bertz CT molecular complexity index is 446. The van der Waals surface area contributed by atoms with Gasteiger partial charge in [0.05, 0.1) is 0 Å². The SMILES string of the molecule is C=C/C=C(\C=C)SC(=O)Nc1ccc(C)cc1. The van der Waals surface area contributed by atoms with Crippen LogP contribution in [0.4, 0.5) is 10.5 Å². The molecule has 1 aromatic rings. The molecule has 2 nitrogen and oxygen atoms in total. The number of aryl methyl sites for hydroxylation is 1. The third kappa shape index (κ3) is 4.74. The van der Waals surface area contributed by atoms with E-state index in [-0.39, 0.29) is 5.24 Å². The maximum Gasteiger partial charge on any atom is 0.288 e. The Kier molecular flexibility index (Phi) is 5.30. The molecule has 88 valence electrons. The van der Waals surface area contributed by atoms with Gasteiger partial charge in [0.25, 0.3) is 5.24 Å². The average molecular weight is 245 g/mol. The molecule has 0 aliphatic carbocycles. The van der Waals surface area contributed by atoms with Crippen molar-refractivity contribution in [3.05, 3.63) is 66.1 Å². The summed E-state index contributed by atoms with van der Waals surface area (Å²) in [6, 6.07) is 7.65. The highest BCUT2D eigenvalue weighted by Gasteiger charge is 2.04. The fourth-order valence-corrected chi connectivity index (χ4v) is 1.78. The first-order valence-electron chi connectivity index (χ1n) is 5.16. The van der Waals surface area contributed by atoms with Crippen LogP contribution in [0.2, 0.25) is 0 Å². The van der Waals surface area contributed by atoms with Crippen molar-refractivity contribution in [2.24, 2.45) is 0 Å². The molecule has 0 aliphatic heterocycles. The van der Waals surface area contributed by atoms with Crippen LogP contribution in [-0.4, -0.2) is 5.24 Å². The maximum atomic E-state index is 11.7. The van der Waals surface area contributed by atoms with E-state index in [9.17, 15) is 4.79 Å². The van der Waals surface area contributed by atoms with Gasteiger partial charge in [-0.2, -0.15) is 0 Å². The van der Waals surface area contributed by atoms with Gasteiger partial charge in [-0.1, -0.05) is 43.0 Å². The number of thioether (sulfide) groups is 1. The molecule has 0 fully saturated rings. The Morgan fingerprint density at radius 1 is 1.29 bits per heavy atom. The van der Waals surface area contributed by atoms with Gasteiger partial charge < -0.3 is 5.32 Å². The van der Waals surface area contributed by atoms with Crippen molar-refractivity contribution in [3.63, 3.8) is 0 Å². The van der Waals surface area contributed by atoms with Crippen LogP contribution in [-0.2, 0) is 0 Å². The van der Waals surface area contributed by atoms with Crippen molar-refractivity contribution < 1.29 is 4.79 Å². The summed E-state index contributed by atoms with van der Waals surface area (Å²) in [4.78, 5) is 12.4. The molecule has 1 amide bonds. The van der Waals surface area contributed by atoms with Crippen LogP contribution in [0, 0.1) is 6.92 Å². The molecule has 1 rings (SSSR count). The van der Waals surface area contributed by atoms with Crippen molar-refractivity contribution in [3.8, 4) is 0 Å². The largest absolute Gasteiger partial charge is 0.317 e. The average Bonchev–Trinajstić information content (AvgIpc) is 2.31. The summed E-state index contributed by atoms with van der Waals surface area (Å²) in [7, 11) is 0. The fourth-order valence-electron chi connectivity index (χ4n) is 1.15. The number of anilines is 1. The van der Waals surface area contributed by atoms with Crippen molar-refractivity contribution in [1.82, 2.24) is 0 Å². The van der Waals surface area contributed by atoms with Crippen LogP contribution in [0.5, 0.6) is 0 Å². The zero-order valence-corrected chi connectivity index (χ0v) is 10.6. The lowest BCUT2D eigenvalue weighted by Gasteiger charge is -2.05. The van der Waals surface area contributed by atoms with E-state index in [4.69, 9.17) is 0 Å². The Balaban J connectivity index is 2.60. The summed E-state index contributed by atoms with van der Waals surface area (Å²) in [5, 5.41) is 2.66. The molecule has 0 unspecified atom stereocenters. The molecule has 0 spiro atoms. The minimum absolute atomic E-state index is 0.137. The van der Waals surface area contributed by atoms with E-state index in [2.05, 4.69) is 18.5 Å². The Hall–Kier alpha value is -1.74. The molecule has 17 heavy (non-hydrogen) atoms. The molecule has 0 radical (unpaired) electrons. The number of nitrogens with one attached hydrogen (secondary N) is 1. The molecule has 0 aliphatic rings. The van der Waals surface area contributed by atoms with Gasteiger partial charge in [-0.25, -0.2) is 0 Å². The predicted molar refractivity (Wildman–Crippen MR) is 76.3 cm³/mol. The number of hydrogen-bond donors (Lipinski definition) is 1. The van der Waals surface area contributed by atoms with E-state index in [1.165, 1.54) is 0 Å². The van der Waals surface area contributed by atoms with Gasteiger partial charge in [-0.15, -0.1) is 0 Å². The molecular weight excluding hydrogens is 230 g/mol. The first-order chi connectivity index (χ1) is 8.15. The van der Waals surface area contributed by atoms with Gasteiger partial charge in [0.2, 0.25) is 0 Å². The maximum absolute atomic E-state index is 11.7. The highest BCUT2D eigenvalue weighted by Crippen LogP contribution is 2.20. The van der Waals surface area contributed by atoms with Crippen LogP contribution in [0.3, 0.4) is 0 Å². The number of allylic oxidation sites excluding steroid dienone is 3. The Labute approximate surface area is 106 Å². The van der Waals surface area contributed by atoms with Crippen molar-refractivity contribution >= 4 is 22.7 Å². The van der Waals surface area contributed by atoms with Crippen LogP contribution >= 0.6 is 11.8 Å². The molecular formula is C14H15NOS. The summed E-state index contributed by atoms with van der Waals surface area (Å²) in [6.07, 6.45) is 5.00. The number of carbonyl (C=O) groups is 1. The molecule has 0 saturated carbocycles. The smallest absolute Gasteiger partial charge is 0.288 e. The van der Waals surface area contributed by atoms with E-state index >= 15 is 0 Å². The van der Waals surface area contributed by atoms with Gasteiger partial charge in [-0.05, 0) is 36.9 Å². The molecule has 3 heteroatoms. The second kappa shape index (κ2) is 6.76. The number of benzene rings is 1. The summed E-state index contributed by atoms with van der Waals surface area (Å²) in [5.41, 5.74) is 1.95. The summed E-state index contributed by atoms with van der Waals surface area (Å²) < 4.78 is 0. The molecule has 1 aromatic carbocycles. The fraction of sp³-hybridized carbons (Fsp3) is 0.0714. The van der Waals surface area contributed by atoms with Gasteiger partial charge in [-0.3, -0.25) is 4.79 Å². The Morgan fingerprint density at radius 2 is 1.94 bits per heavy atom. The van der Waals surface area contributed by atoms with Crippen molar-refractivity contribution in [1.29, 1.82) is 0 Å². The standard InChI is InChI=1S/C14H15NOS/c1-4-6-13(5-2)17-14(16)15-12-9-7-11(3)8-10-12/h4-10H,1-2H2,3H3,(H,15,16)/b13-6+. The second-order valence-corrected chi connectivity index (χ2v) is 4.44. The number of amides is 1. The summed E-state index contributed by atoms with van der Waals surface area (Å²) in [5.74, 6) is 0. The van der Waals surface area contributed by atoms with Gasteiger partial charge in [0, 0.05) is 10.6 Å². The number of rotatable bonds is 4. The summed E-state index contributed by atoms with van der Waals surface area (Å²) >= 11 is 1.09. The van der Waals surface area contributed by atoms with E-state index in [1.807, 2.05) is 31.2 Å². The zero-order valence-electron chi connectivity index (χ0n) is 9.77. The minimum Gasteiger partial charge on any atom is -0.317 e. The van der Waals surface area contributed by atoms with Gasteiger partial charge in [0.1, 0.15) is 0 Å². The van der Waals surface area contributed by atoms with E-state index < -0.39 is 0 Å². The first kappa shape index (κ1) is 13.3. The van der Waals surface area contributed by atoms with E-state index in [0.717, 1.165) is 27.9 Å². The third-order valence-corrected chi connectivity index (χ3v) is 2.82. The lowest BCUT2D eigenvalue weighted by Crippen LogP contribution is -2.04. The first-order valence-corrected chi connectivity index (χ1v) is 5.98. The van der Waals surface area contributed by atoms with Crippen molar-refractivity contribution in [2.45, 2.75) is 6.92 Å². The molecule has 1 N–H and O–H groups in total. The quantitative estimate of drug-likeness (QED) is 0.790. The second-order valence-electron chi connectivity index (χ2n) is 3.39. The van der Waals surface area contributed by atoms with Crippen LogP contribution < -0.4 is 5.32 Å². The third-order valence-electron chi connectivity index (χ3n) is 1.99. The van der Waals surface area contributed by atoms with Crippen LogP contribution in [0.15, 0.2) is 60.6 Å². The predicted octanol–water partition coefficient (Wildman–Crippen LogP) is 4.52. The molecule has 0 aromatic heterocycles. The molecule has 0 heterocycles. The number of hydrogen-bond acceptors (Lipinski definition) is 2. The van der Waals surface area contributed by atoms with E-state index in [0.29, 0.717) is 0 Å². The van der Waals surface area contributed by atoms with Crippen LogP contribution in [0.25, 0.3) is 0 Å². The van der Waals surface area contributed by atoms with Gasteiger partial charge in [0.15, 0.2) is 0 Å². The lowest BCUT2D eigenvalue weighted by atomic mass is 10.2. The Morgan fingerprint density at radius 3 is 2.47 bits per heavy atom. The molecule has 0 atom stereocenters. The highest BCUT2D eigenvalue weighted by atomic mass is 32.2. The van der Waals surface area contributed by atoms with E-state index in [1.54, 1.807) is 18.2 Å². The minimum atomic E-state index is -0.137. The zero-order chi connectivity index (χ0) is 12.7. The number of carbonyl (C=O) groups excluding carboxylic acids is 1. The highest BCUT2D eigenvalue weighted by molar-refractivity contribution is 8.17.